The predicted molar refractivity (Wildman–Crippen MR) is 264 cm³/mol. The SMILES string of the molecule is CC(C)(C)c1ccc2c(c1)-c1cc(C(C)(C)C)ccc1C2(c1cccc(-c2cccc3c2nc(-c2cc(C(C)(C)C)cc(C(C)(C)C)c2O)n3-c2ccccc2)c1)c1ccccn1. The van der Waals surface area contributed by atoms with Crippen molar-refractivity contribution in [1.29, 1.82) is 0 Å². The average molecular weight is 828 g/mol. The summed E-state index contributed by atoms with van der Waals surface area (Å²) in [5, 5.41) is 12.3. The molecule has 2 aromatic heterocycles. The molecule has 0 unspecified atom stereocenters. The normalized spacial score (nSPS) is 13.9. The van der Waals surface area contributed by atoms with Gasteiger partial charge in [-0.3, -0.25) is 9.55 Å². The van der Waals surface area contributed by atoms with Crippen LogP contribution in [0.3, 0.4) is 0 Å². The van der Waals surface area contributed by atoms with Crippen LogP contribution in [-0.4, -0.2) is 19.6 Å². The maximum atomic E-state index is 12.3. The molecular formula is C59H61N3O. The van der Waals surface area contributed by atoms with Gasteiger partial charge in [-0.1, -0.05) is 180 Å². The molecule has 1 N–H and O–H groups in total. The summed E-state index contributed by atoms with van der Waals surface area (Å²) in [5.41, 5.74) is 16.3. The molecule has 9 rings (SSSR count). The number of para-hydroxylation sites is 2. The van der Waals surface area contributed by atoms with Crippen molar-refractivity contribution in [3.05, 3.63) is 190 Å². The fraction of sp³-hybridized carbons (Fsp3) is 0.288. The van der Waals surface area contributed by atoms with Crippen LogP contribution in [-0.2, 0) is 27.1 Å². The molecular weight excluding hydrogens is 767 g/mol. The van der Waals surface area contributed by atoms with E-state index in [9.17, 15) is 5.11 Å². The van der Waals surface area contributed by atoms with Crippen molar-refractivity contribution >= 4 is 11.0 Å². The molecule has 0 radical (unpaired) electrons. The molecule has 0 aliphatic heterocycles. The number of imidazole rings is 1. The van der Waals surface area contributed by atoms with Crippen molar-refractivity contribution in [3.63, 3.8) is 0 Å². The molecule has 63 heavy (non-hydrogen) atoms. The molecule has 0 saturated heterocycles. The van der Waals surface area contributed by atoms with Gasteiger partial charge in [0, 0.05) is 23.0 Å². The van der Waals surface area contributed by atoms with Crippen molar-refractivity contribution < 1.29 is 5.11 Å². The van der Waals surface area contributed by atoms with Gasteiger partial charge in [0.15, 0.2) is 0 Å². The third kappa shape index (κ3) is 6.99. The van der Waals surface area contributed by atoms with Gasteiger partial charge in [0.25, 0.3) is 0 Å². The molecule has 0 fully saturated rings. The molecule has 6 aromatic carbocycles. The van der Waals surface area contributed by atoms with Gasteiger partial charge in [-0.05, 0) is 114 Å². The molecule has 1 aliphatic carbocycles. The van der Waals surface area contributed by atoms with Gasteiger partial charge in [0.05, 0.1) is 27.7 Å². The standard InChI is InChI=1S/C59H61N3O/c1-55(2,3)38-27-29-47-44(33-38)45-34-39(56(4,5)6)28-30-48(45)59(47,51-26-16-17-31-60-51)40-21-18-20-37(32-40)43-24-19-25-50-52(43)61-54(62(50)42-22-14-13-15-23-42)46-35-41(57(7,8)9)36-49(53(46)63)58(10,11)12/h13-36,63H,1-12H3. The molecule has 0 amide bonds. The highest BCUT2D eigenvalue weighted by Gasteiger charge is 2.48. The number of fused-ring (bicyclic) bond motifs is 4. The summed E-state index contributed by atoms with van der Waals surface area (Å²) in [7, 11) is 0. The van der Waals surface area contributed by atoms with Crippen molar-refractivity contribution in [2.75, 3.05) is 0 Å². The van der Waals surface area contributed by atoms with E-state index in [1.165, 1.54) is 33.4 Å². The van der Waals surface area contributed by atoms with Crippen molar-refractivity contribution in [3.8, 4) is 45.1 Å². The Hall–Kier alpha value is -6.26. The number of hydrogen-bond acceptors (Lipinski definition) is 3. The monoisotopic (exact) mass is 827 g/mol. The molecule has 8 aromatic rings. The summed E-state index contributed by atoms with van der Waals surface area (Å²) in [4.78, 5) is 10.8. The molecule has 0 saturated carbocycles. The highest BCUT2D eigenvalue weighted by molar-refractivity contribution is 5.97. The third-order valence-corrected chi connectivity index (χ3v) is 13.2. The first-order chi connectivity index (χ1) is 29.7. The minimum atomic E-state index is -0.681. The first kappa shape index (κ1) is 42.1. The number of hydrogen-bond donors (Lipinski definition) is 1. The largest absolute Gasteiger partial charge is 0.507 e. The Morgan fingerprint density at radius 1 is 0.492 bits per heavy atom. The highest BCUT2D eigenvalue weighted by atomic mass is 16.3. The lowest BCUT2D eigenvalue weighted by atomic mass is 9.68. The zero-order valence-corrected chi connectivity index (χ0v) is 39.1. The zero-order chi connectivity index (χ0) is 44.9. The molecule has 318 valence electrons. The first-order valence-electron chi connectivity index (χ1n) is 22.5. The maximum absolute atomic E-state index is 12.3. The number of rotatable bonds is 5. The van der Waals surface area contributed by atoms with Crippen molar-refractivity contribution in [1.82, 2.24) is 14.5 Å². The van der Waals surface area contributed by atoms with Crippen LogP contribution in [0.15, 0.2) is 146 Å². The van der Waals surface area contributed by atoms with E-state index in [1.54, 1.807) is 0 Å². The fourth-order valence-corrected chi connectivity index (χ4v) is 9.67. The van der Waals surface area contributed by atoms with Gasteiger partial charge in [-0.2, -0.15) is 0 Å². The second kappa shape index (κ2) is 14.7. The van der Waals surface area contributed by atoms with Crippen molar-refractivity contribution in [2.24, 2.45) is 0 Å². The minimum Gasteiger partial charge on any atom is -0.507 e. The Bertz CT molecular complexity index is 2970. The van der Waals surface area contributed by atoms with Crippen LogP contribution in [0.25, 0.3) is 50.4 Å². The van der Waals surface area contributed by atoms with Crippen LogP contribution in [0.1, 0.15) is 128 Å². The summed E-state index contributed by atoms with van der Waals surface area (Å²) >= 11 is 0. The van der Waals surface area contributed by atoms with Crippen molar-refractivity contribution in [2.45, 2.75) is 110 Å². The van der Waals surface area contributed by atoms with E-state index in [-0.39, 0.29) is 27.4 Å². The highest BCUT2D eigenvalue weighted by Crippen LogP contribution is 2.57. The van der Waals surface area contributed by atoms with Gasteiger partial charge in [-0.25, -0.2) is 4.98 Å². The van der Waals surface area contributed by atoms with Gasteiger partial charge in [0.1, 0.15) is 11.6 Å². The number of aromatic hydroxyl groups is 1. The summed E-state index contributed by atoms with van der Waals surface area (Å²) in [6.07, 6.45) is 1.93. The smallest absolute Gasteiger partial charge is 0.149 e. The minimum absolute atomic E-state index is 0.0210. The Balaban J connectivity index is 1.33. The van der Waals surface area contributed by atoms with Gasteiger partial charge in [-0.15, -0.1) is 0 Å². The van der Waals surface area contributed by atoms with E-state index in [0.717, 1.165) is 55.8 Å². The van der Waals surface area contributed by atoms with E-state index in [2.05, 4.69) is 215 Å². The molecule has 4 heteroatoms. The van der Waals surface area contributed by atoms with E-state index in [0.29, 0.717) is 5.82 Å². The number of phenols is 1. The maximum Gasteiger partial charge on any atom is 0.149 e. The number of aromatic nitrogens is 3. The lowest BCUT2D eigenvalue weighted by molar-refractivity contribution is 0.446. The lowest BCUT2D eigenvalue weighted by Gasteiger charge is -2.33. The van der Waals surface area contributed by atoms with Crippen LogP contribution in [0, 0.1) is 0 Å². The van der Waals surface area contributed by atoms with Crippen LogP contribution < -0.4 is 0 Å². The first-order valence-corrected chi connectivity index (χ1v) is 22.5. The summed E-state index contributed by atoms with van der Waals surface area (Å²) in [5.74, 6) is 0.980. The van der Waals surface area contributed by atoms with Gasteiger partial charge < -0.3 is 5.11 Å². The topological polar surface area (TPSA) is 50.9 Å². The summed E-state index contributed by atoms with van der Waals surface area (Å²) in [6.45, 7) is 26.9. The molecule has 1 aliphatic rings. The average Bonchev–Trinajstić information content (AvgIpc) is 3.77. The van der Waals surface area contributed by atoms with Gasteiger partial charge >= 0.3 is 0 Å². The van der Waals surface area contributed by atoms with E-state index < -0.39 is 5.41 Å². The second-order valence-corrected chi connectivity index (χ2v) is 21.8. The van der Waals surface area contributed by atoms with Gasteiger partial charge in [0.2, 0.25) is 0 Å². The Morgan fingerprint density at radius 3 is 1.65 bits per heavy atom. The van der Waals surface area contributed by atoms with Crippen LogP contribution >= 0.6 is 0 Å². The van der Waals surface area contributed by atoms with Crippen LogP contribution in [0.2, 0.25) is 0 Å². The number of pyridine rings is 1. The predicted octanol–water partition coefficient (Wildman–Crippen LogP) is 15.0. The van der Waals surface area contributed by atoms with E-state index in [1.807, 2.05) is 18.3 Å². The Morgan fingerprint density at radius 2 is 1.08 bits per heavy atom. The summed E-state index contributed by atoms with van der Waals surface area (Å²) < 4.78 is 2.22. The van der Waals surface area contributed by atoms with E-state index >= 15 is 0 Å². The summed E-state index contributed by atoms with van der Waals surface area (Å²) in [6, 6.07) is 50.8. The Kier molecular flexibility index (Phi) is 9.79. The van der Waals surface area contributed by atoms with Crippen LogP contribution in [0.5, 0.6) is 5.75 Å². The fourth-order valence-electron chi connectivity index (χ4n) is 9.67. The zero-order valence-electron chi connectivity index (χ0n) is 39.1. The van der Waals surface area contributed by atoms with E-state index in [4.69, 9.17) is 9.97 Å². The number of phenolic OH excluding ortho intramolecular Hbond substituents is 1. The third-order valence-electron chi connectivity index (χ3n) is 13.2. The quantitative estimate of drug-likeness (QED) is 0.188. The number of benzene rings is 6. The molecule has 2 heterocycles. The molecule has 4 nitrogen and oxygen atoms in total. The molecule has 0 bridgehead atoms. The van der Waals surface area contributed by atoms with Crippen LogP contribution in [0.4, 0.5) is 0 Å². The Labute approximate surface area is 374 Å². The molecule has 0 atom stereocenters. The lowest BCUT2D eigenvalue weighted by Crippen LogP contribution is -2.30. The second-order valence-electron chi connectivity index (χ2n) is 21.8. The molecule has 0 spiro atoms. The number of nitrogens with zero attached hydrogens (tertiary/aromatic N) is 3.